The summed E-state index contributed by atoms with van der Waals surface area (Å²) in [4.78, 5) is 2.14. The third kappa shape index (κ3) is 5.07. The number of halogens is 1. The summed E-state index contributed by atoms with van der Waals surface area (Å²) < 4.78 is 8.27. The Kier molecular flexibility index (Phi) is 7.08. The van der Waals surface area contributed by atoms with Crippen LogP contribution in [0.4, 0.5) is 0 Å². The van der Waals surface area contributed by atoms with Gasteiger partial charge in [0.2, 0.25) is 0 Å². The molecule has 138 valence electrons. The molecule has 0 unspecified atom stereocenters. The topological polar surface area (TPSA) is 32.7 Å². The Morgan fingerprint density at radius 3 is 2.65 bits per heavy atom. The molecule has 0 bridgehead atoms. The van der Waals surface area contributed by atoms with Gasteiger partial charge in [-0.15, -0.1) is 11.3 Å². The first-order valence-electron chi connectivity index (χ1n) is 8.87. The molecule has 3 aromatic rings. The van der Waals surface area contributed by atoms with E-state index < -0.39 is 0 Å². The zero-order valence-electron chi connectivity index (χ0n) is 15.0. The van der Waals surface area contributed by atoms with Crippen molar-refractivity contribution < 1.29 is 9.84 Å². The lowest BCUT2D eigenvalue weighted by Crippen LogP contribution is -2.23. The highest BCUT2D eigenvalue weighted by Crippen LogP contribution is 2.36. The fourth-order valence-electron chi connectivity index (χ4n) is 2.91. The molecular weight excluding hydrogens is 410 g/mol. The van der Waals surface area contributed by atoms with E-state index in [9.17, 15) is 0 Å². The molecule has 0 aliphatic carbocycles. The van der Waals surface area contributed by atoms with Gasteiger partial charge in [0.1, 0.15) is 5.75 Å². The second kappa shape index (κ2) is 9.51. The average Bonchev–Trinajstić information content (AvgIpc) is 3.05. The minimum absolute atomic E-state index is 0.218. The van der Waals surface area contributed by atoms with Gasteiger partial charge in [-0.3, -0.25) is 0 Å². The molecule has 0 spiro atoms. The number of thiophene rings is 1. The highest BCUT2D eigenvalue weighted by atomic mass is 79.9. The molecular formula is C21H24BrNO2S. The van der Waals surface area contributed by atoms with Gasteiger partial charge in [0, 0.05) is 26.7 Å². The molecule has 26 heavy (non-hydrogen) atoms. The number of nitrogens with zero attached hydrogens (tertiary/aromatic N) is 1. The zero-order chi connectivity index (χ0) is 18.4. The van der Waals surface area contributed by atoms with Crippen molar-refractivity contribution in [3.63, 3.8) is 0 Å². The van der Waals surface area contributed by atoms with Crippen molar-refractivity contribution in [3.8, 4) is 16.9 Å². The van der Waals surface area contributed by atoms with Crippen LogP contribution in [-0.4, -0.2) is 43.4 Å². The van der Waals surface area contributed by atoms with Crippen molar-refractivity contribution in [1.82, 2.24) is 4.90 Å². The smallest absolute Gasteiger partial charge is 0.120 e. The van der Waals surface area contributed by atoms with Gasteiger partial charge in [0.25, 0.3) is 0 Å². The number of aliphatic hydroxyl groups is 1. The van der Waals surface area contributed by atoms with Crippen molar-refractivity contribution in [2.24, 2.45) is 0 Å². The number of ether oxygens (including phenoxy) is 1. The van der Waals surface area contributed by atoms with E-state index in [0.717, 1.165) is 42.8 Å². The summed E-state index contributed by atoms with van der Waals surface area (Å²) in [7, 11) is 2.03. The number of hydrogen-bond donors (Lipinski definition) is 1. The van der Waals surface area contributed by atoms with Crippen LogP contribution in [0.5, 0.6) is 5.75 Å². The molecule has 3 rings (SSSR count). The molecule has 0 saturated heterocycles. The minimum Gasteiger partial charge on any atom is -0.494 e. The molecule has 5 heteroatoms. The third-order valence-corrected chi connectivity index (χ3v) is 5.86. The first-order valence-corrected chi connectivity index (χ1v) is 10.5. The summed E-state index contributed by atoms with van der Waals surface area (Å²) in [6.07, 6.45) is 2.09. The van der Waals surface area contributed by atoms with Crippen LogP contribution in [0, 0.1) is 0 Å². The van der Waals surface area contributed by atoms with Crippen LogP contribution in [0.25, 0.3) is 21.2 Å². The number of benzene rings is 2. The molecule has 3 nitrogen and oxygen atoms in total. The maximum Gasteiger partial charge on any atom is 0.120 e. The number of fused-ring (bicyclic) bond motifs is 1. The Balaban J connectivity index is 1.57. The van der Waals surface area contributed by atoms with Gasteiger partial charge < -0.3 is 14.7 Å². The van der Waals surface area contributed by atoms with E-state index >= 15 is 0 Å². The number of likely N-dealkylation sites (N-methyl/N-ethyl adjacent to an activating group) is 1. The molecule has 0 atom stereocenters. The highest BCUT2D eigenvalue weighted by molar-refractivity contribution is 9.10. The summed E-state index contributed by atoms with van der Waals surface area (Å²) in [6, 6.07) is 14.8. The van der Waals surface area contributed by atoms with E-state index in [1.807, 2.05) is 7.05 Å². The van der Waals surface area contributed by atoms with E-state index in [2.05, 4.69) is 68.7 Å². The molecule has 0 radical (unpaired) electrons. The van der Waals surface area contributed by atoms with E-state index in [1.165, 1.54) is 21.2 Å². The standard InChI is InChI=1S/C21H24BrNO2S/c1-23(11-12-24)10-2-3-13-25-18-8-9-19-20(15-26-21(19)14-18)16-4-6-17(22)7-5-16/h4-9,14-15,24H,2-3,10-13H2,1H3. The van der Waals surface area contributed by atoms with Gasteiger partial charge in [-0.05, 0) is 67.7 Å². The van der Waals surface area contributed by atoms with Crippen LogP contribution in [0.3, 0.4) is 0 Å². The normalized spacial score (nSPS) is 11.4. The Bertz CT molecular complexity index is 832. The number of unbranched alkanes of at least 4 members (excludes halogenated alkanes) is 1. The first-order chi connectivity index (χ1) is 12.7. The number of hydrogen-bond acceptors (Lipinski definition) is 4. The van der Waals surface area contributed by atoms with Gasteiger partial charge in [-0.25, -0.2) is 0 Å². The van der Waals surface area contributed by atoms with E-state index in [4.69, 9.17) is 9.84 Å². The van der Waals surface area contributed by atoms with Crippen LogP contribution in [0.1, 0.15) is 12.8 Å². The second-order valence-electron chi connectivity index (χ2n) is 6.40. The third-order valence-electron chi connectivity index (χ3n) is 4.39. The van der Waals surface area contributed by atoms with Gasteiger partial charge in [0.05, 0.1) is 13.2 Å². The maximum atomic E-state index is 8.89. The SMILES string of the molecule is CN(CCO)CCCCOc1ccc2c(-c3ccc(Br)cc3)csc2c1. The molecule has 0 amide bonds. The minimum atomic E-state index is 0.218. The summed E-state index contributed by atoms with van der Waals surface area (Å²) in [5, 5.41) is 12.4. The summed E-state index contributed by atoms with van der Waals surface area (Å²) in [5.74, 6) is 0.936. The van der Waals surface area contributed by atoms with Crippen molar-refractivity contribution in [2.75, 3.05) is 33.4 Å². The Labute approximate surface area is 167 Å². The lowest BCUT2D eigenvalue weighted by Gasteiger charge is -2.14. The Hall–Kier alpha value is -1.40. The zero-order valence-corrected chi connectivity index (χ0v) is 17.4. The molecule has 1 heterocycles. The average molecular weight is 434 g/mol. The van der Waals surface area contributed by atoms with E-state index in [1.54, 1.807) is 11.3 Å². The van der Waals surface area contributed by atoms with Gasteiger partial charge in [-0.2, -0.15) is 0 Å². The van der Waals surface area contributed by atoms with Crippen molar-refractivity contribution in [2.45, 2.75) is 12.8 Å². The van der Waals surface area contributed by atoms with Crippen LogP contribution >= 0.6 is 27.3 Å². The first kappa shape index (κ1) is 19.4. The summed E-state index contributed by atoms with van der Waals surface area (Å²) >= 11 is 5.25. The van der Waals surface area contributed by atoms with Crippen molar-refractivity contribution >= 4 is 37.4 Å². The summed E-state index contributed by atoms with van der Waals surface area (Å²) in [5.41, 5.74) is 2.51. The quantitative estimate of drug-likeness (QED) is 0.457. The van der Waals surface area contributed by atoms with Crippen molar-refractivity contribution in [1.29, 1.82) is 0 Å². The predicted octanol–water partition coefficient (Wildman–Crippen LogP) is 5.41. The predicted molar refractivity (Wildman–Crippen MR) is 114 cm³/mol. The fourth-order valence-corrected chi connectivity index (χ4v) is 4.17. The van der Waals surface area contributed by atoms with E-state index in [-0.39, 0.29) is 6.61 Å². The molecule has 2 aromatic carbocycles. The van der Waals surface area contributed by atoms with Crippen LogP contribution in [0.2, 0.25) is 0 Å². The Morgan fingerprint density at radius 2 is 1.88 bits per heavy atom. The lowest BCUT2D eigenvalue weighted by atomic mass is 10.1. The van der Waals surface area contributed by atoms with E-state index in [0.29, 0.717) is 0 Å². The molecule has 0 aliphatic heterocycles. The fraction of sp³-hybridized carbons (Fsp3) is 0.333. The van der Waals surface area contributed by atoms with Crippen LogP contribution < -0.4 is 4.74 Å². The molecule has 1 N–H and O–H groups in total. The largest absolute Gasteiger partial charge is 0.494 e. The van der Waals surface area contributed by atoms with Crippen LogP contribution in [-0.2, 0) is 0 Å². The van der Waals surface area contributed by atoms with Gasteiger partial charge in [-0.1, -0.05) is 28.1 Å². The van der Waals surface area contributed by atoms with Crippen molar-refractivity contribution in [3.05, 3.63) is 52.3 Å². The summed E-state index contributed by atoms with van der Waals surface area (Å²) in [6.45, 7) is 2.67. The second-order valence-corrected chi connectivity index (χ2v) is 8.22. The molecule has 0 fully saturated rings. The van der Waals surface area contributed by atoms with Crippen LogP contribution in [0.15, 0.2) is 52.3 Å². The van der Waals surface area contributed by atoms with Gasteiger partial charge in [0.15, 0.2) is 0 Å². The maximum absolute atomic E-state index is 8.89. The highest BCUT2D eigenvalue weighted by Gasteiger charge is 2.08. The molecule has 0 saturated carbocycles. The molecule has 1 aromatic heterocycles. The van der Waals surface area contributed by atoms with Gasteiger partial charge >= 0.3 is 0 Å². The Morgan fingerprint density at radius 1 is 1.08 bits per heavy atom. The number of rotatable bonds is 9. The monoisotopic (exact) mass is 433 g/mol. The number of aliphatic hydroxyl groups excluding tert-OH is 1. The lowest BCUT2D eigenvalue weighted by molar-refractivity contribution is 0.215. The molecule has 0 aliphatic rings.